The fraction of sp³-hybridized carbons (Fsp3) is 0.417. The van der Waals surface area contributed by atoms with Crippen LogP contribution in [-0.4, -0.2) is 45.0 Å². The van der Waals surface area contributed by atoms with Crippen LogP contribution in [0.4, 0.5) is 10.1 Å². The SMILES string of the molecule is Cc1cc(N=S(C)(=O)C2CC2)cc2ncnc(Cc3ccc(F)cc3O[C@H]3CCOC3)c12. The van der Waals surface area contributed by atoms with Crippen LogP contribution >= 0.6 is 0 Å². The fourth-order valence-corrected chi connectivity index (χ4v) is 5.86. The zero-order valence-corrected chi connectivity index (χ0v) is 19.0. The zero-order chi connectivity index (χ0) is 22.3. The van der Waals surface area contributed by atoms with Crippen molar-refractivity contribution in [3.8, 4) is 5.75 Å². The van der Waals surface area contributed by atoms with E-state index >= 15 is 0 Å². The lowest BCUT2D eigenvalue weighted by atomic mass is 10.0. The number of hydrogen-bond acceptors (Lipinski definition) is 6. The Labute approximate surface area is 187 Å². The number of ether oxygens (including phenoxy) is 2. The van der Waals surface area contributed by atoms with Crippen LogP contribution in [0.2, 0.25) is 0 Å². The Morgan fingerprint density at radius 2 is 2.06 bits per heavy atom. The van der Waals surface area contributed by atoms with Crippen molar-refractivity contribution in [1.29, 1.82) is 0 Å². The molecule has 5 rings (SSSR count). The minimum Gasteiger partial charge on any atom is -0.488 e. The highest BCUT2D eigenvalue weighted by Gasteiger charge is 2.30. The summed E-state index contributed by atoms with van der Waals surface area (Å²) in [6.45, 7) is 3.16. The Morgan fingerprint density at radius 1 is 1.22 bits per heavy atom. The second-order valence-electron chi connectivity index (χ2n) is 8.66. The van der Waals surface area contributed by atoms with E-state index in [1.54, 1.807) is 12.3 Å². The molecule has 6 nitrogen and oxygen atoms in total. The summed E-state index contributed by atoms with van der Waals surface area (Å²) >= 11 is 0. The van der Waals surface area contributed by atoms with E-state index in [-0.39, 0.29) is 17.2 Å². The van der Waals surface area contributed by atoms with E-state index in [1.807, 2.05) is 19.1 Å². The largest absolute Gasteiger partial charge is 0.488 e. The minimum atomic E-state index is -2.24. The van der Waals surface area contributed by atoms with Gasteiger partial charge in [-0.3, -0.25) is 0 Å². The second-order valence-corrected chi connectivity index (χ2v) is 11.2. The van der Waals surface area contributed by atoms with Crippen molar-refractivity contribution in [3.05, 3.63) is 59.3 Å². The van der Waals surface area contributed by atoms with Crippen LogP contribution in [0.15, 0.2) is 41.0 Å². The van der Waals surface area contributed by atoms with E-state index in [0.29, 0.717) is 31.1 Å². The highest BCUT2D eigenvalue weighted by atomic mass is 32.2. The van der Waals surface area contributed by atoms with Gasteiger partial charge in [-0.2, -0.15) is 4.36 Å². The van der Waals surface area contributed by atoms with Crippen LogP contribution in [0.25, 0.3) is 10.9 Å². The highest BCUT2D eigenvalue weighted by Crippen LogP contribution is 2.34. The van der Waals surface area contributed by atoms with Crippen LogP contribution in [0.1, 0.15) is 36.1 Å². The predicted octanol–water partition coefficient (Wildman–Crippen LogP) is 4.73. The van der Waals surface area contributed by atoms with E-state index in [0.717, 1.165) is 47.0 Å². The van der Waals surface area contributed by atoms with Gasteiger partial charge >= 0.3 is 0 Å². The smallest absolute Gasteiger partial charge is 0.126 e. The van der Waals surface area contributed by atoms with Crippen molar-refractivity contribution in [2.45, 2.75) is 44.0 Å². The summed E-state index contributed by atoms with van der Waals surface area (Å²) in [6.07, 6.45) is 6.42. The van der Waals surface area contributed by atoms with Crippen LogP contribution in [0.5, 0.6) is 5.75 Å². The average molecular weight is 456 g/mol. The lowest BCUT2D eigenvalue weighted by Gasteiger charge is -2.16. The third kappa shape index (κ3) is 4.47. The molecule has 0 radical (unpaired) electrons. The molecule has 2 fully saturated rings. The van der Waals surface area contributed by atoms with Gasteiger partial charge in [0.15, 0.2) is 0 Å². The van der Waals surface area contributed by atoms with Gasteiger partial charge in [-0.15, -0.1) is 0 Å². The molecule has 1 aliphatic heterocycles. The van der Waals surface area contributed by atoms with Gasteiger partial charge in [-0.25, -0.2) is 18.6 Å². The first-order chi connectivity index (χ1) is 15.4. The molecule has 8 heteroatoms. The van der Waals surface area contributed by atoms with Gasteiger partial charge in [0.1, 0.15) is 24.0 Å². The Kier molecular flexibility index (Phi) is 5.59. The maximum Gasteiger partial charge on any atom is 0.126 e. The number of aryl methyl sites for hydroxylation is 1. The number of fused-ring (bicyclic) bond motifs is 1. The molecule has 0 spiro atoms. The van der Waals surface area contributed by atoms with Crippen molar-refractivity contribution >= 4 is 26.3 Å². The van der Waals surface area contributed by atoms with Crippen molar-refractivity contribution in [3.63, 3.8) is 0 Å². The molecule has 2 heterocycles. The first kappa shape index (κ1) is 21.3. The maximum absolute atomic E-state index is 13.9. The van der Waals surface area contributed by atoms with Crippen molar-refractivity contribution in [1.82, 2.24) is 9.97 Å². The maximum atomic E-state index is 13.9. The van der Waals surface area contributed by atoms with Gasteiger partial charge < -0.3 is 9.47 Å². The molecule has 1 aliphatic carbocycles. The summed E-state index contributed by atoms with van der Waals surface area (Å²) < 4.78 is 42.8. The topological polar surface area (TPSA) is 73.7 Å². The van der Waals surface area contributed by atoms with Crippen LogP contribution in [-0.2, 0) is 20.9 Å². The number of nitrogens with zero attached hydrogens (tertiary/aromatic N) is 3. The van der Waals surface area contributed by atoms with Crippen molar-refractivity contribution in [2.75, 3.05) is 19.5 Å². The number of benzene rings is 2. The Balaban J connectivity index is 1.51. The molecule has 0 bridgehead atoms. The molecule has 0 N–H and O–H groups in total. The minimum absolute atomic E-state index is 0.0704. The van der Waals surface area contributed by atoms with E-state index in [1.165, 1.54) is 18.5 Å². The Hall–Kier alpha value is -2.58. The molecule has 168 valence electrons. The number of hydrogen-bond donors (Lipinski definition) is 0. The van der Waals surface area contributed by atoms with E-state index in [4.69, 9.17) is 9.47 Å². The standard InChI is InChI=1S/C24H26FN3O3S/c1-15-9-18(28-32(2,29)20-5-6-20)12-22-24(15)21(26-14-27-22)10-16-3-4-17(25)11-23(16)31-19-7-8-30-13-19/h3-4,9,11-12,14,19-20H,5-8,10,13H2,1-2H3/t19-,32?/m0/s1. The summed E-state index contributed by atoms with van der Waals surface area (Å²) in [6, 6.07) is 8.43. The molecule has 3 aromatic rings. The molecule has 2 aliphatic rings. The van der Waals surface area contributed by atoms with Gasteiger partial charge in [-0.05, 0) is 43.5 Å². The van der Waals surface area contributed by atoms with Crippen molar-refractivity contribution < 1.29 is 18.1 Å². The quantitative estimate of drug-likeness (QED) is 0.537. The third-order valence-corrected chi connectivity index (χ3v) is 8.28. The van der Waals surface area contributed by atoms with Gasteiger partial charge in [0.05, 0.1) is 39.8 Å². The predicted molar refractivity (Wildman–Crippen MR) is 123 cm³/mol. The summed E-state index contributed by atoms with van der Waals surface area (Å²) in [5, 5.41) is 1.13. The van der Waals surface area contributed by atoms with Gasteiger partial charge in [0.2, 0.25) is 0 Å². The molecule has 0 amide bonds. The van der Waals surface area contributed by atoms with E-state index in [2.05, 4.69) is 14.3 Å². The Bertz CT molecular complexity index is 1290. The van der Waals surface area contributed by atoms with E-state index < -0.39 is 9.73 Å². The van der Waals surface area contributed by atoms with Gasteiger partial charge in [0.25, 0.3) is 0 Å². The average Bonchev–Trinajstić information content (AvgIpc) is 3.49. The summed E-state index contributed by atoms with van der Waals surface area (Å²) in [7, 11) is -2.24. The normalized spacial score (nSPS) is 20.3. The Morgan fingerprint density at radius 3 is 2.81 bits per heavy atom. The number of halogens is 1. The van der Waals surface area contributed by atoms with Crippen molar-refractivity contribution in [2.24, 2.45) is 4.36 Å². The molecule has 2 atom stereocenters. The molecule has 1 aromatic heterocycles. The summed E-state index contributed by atoms with van der Waals surface area (Å²) in [4.78, 5) is 8.97. The molecule has 32 heavy (non-hydrogen) atoms. The number of rotatable bonds is 6. The molecular weight excluding hydrogens is 429 g/mol. The molecule has 1 saturated heterocycles. The lowest BCUT2D eigenvalue weighted by Crippen LogP contribution is -2.17. The number of aromatic nitrogens is 2. The fourth-order valence-electron chi connectivity index (χ4n) is 4.18. The van der Waals surface area contributed by atoms with Gasteiger partial charge in [-0.1, -0.05) is 6.07 Å². The lowest BCUT2D eigenvalue weighted by molar-refractivity contribution is 0.140. The first-order valence-electron chi connectivity index (χ1n) is 10.9. The van der Waals surface area contributed by atoms with Crippen LogP contribution < -0.4 is 4.74 Å². The zero-order valence-electron chi connectivity index (χ0n) is 18.2. The summed E-state index contributed by atoms with van der Waals surface area (Å²) in [5.74, 6) is 0.183. The molecule has 1 unspecified atom stereocenters. The first-order valence-corrected chi connectivity index (χ1v) is 12.9. The highest BCUT2D eigenvalue weighted by molar-refractivity contribution is 7.93. The molecule has 2 aromatic carbocycles. The molecular formula is C24H26FN3O3S. The van der Waals surface area contributed by atoms with Crippen LogP contribution in [0.3, 0.4) is 0 Å². The summed E-state index contributed by atoms with van der Waals surface area (Å²) in [5.41, 5.74) is 4.10. The molecule has 1 saturated carbocycles. The monoisotopic (exact) mass is 455 g/mol. The van der Waals surface area contributed by atoms with E-state index in [9.17, 15) is 8.60 Å². The third-order valence-electron chi connectivity index (χ3n) is 6.00. The van der Waals surface area contributed by atoms with Crippen LogP contribution in [0, 0.1) is 12.7 Å². The second kappa shape index (κ2) is 8.41. The van der Waals surface area contributed by atoms with Gasteiger partial charge in [0, 0.05) is 41.4 Å².